The Morgan fingerprint density at radius 3 is 2.90 bits per heavy atom. The number of anilines is 1. The van der Waals surface area contributed by atoms with Crippen LogP contribution in [-0.4, -0.2) is 29.7 Å². The molecular formula is C16H22N2O2. The van der Waals surface area contributed by atoms with Gasteiger partial charge in [-0.25, -0.2) is 0 Å². The zero-order valence-corrected chi connectivity index (χ0v) is 11.6. The van der Waals surface area contributed by atoms with Gasteiger partial charge in [-0.05, 0) is 24.5 Å². The van der Waals surface area contributed by atoms with Crippen LogP contribution >= 0.6 is 0 Å². The van der Waals surface area contributed by atoms with Gasteiger partial charge in [0.05, 0.1) is 18.1 Å². The summed E-state index contributed by atoms with van der Waals surface area (Å²) < 4.78 is 0. The molecule has 1 aromatic rings. The van der Waals surface area contributed by atoms with Gasteiger partial charge in [-0.1, -0.05) is 37.5 Å². The molecule has 3 rings (SSSR count). The third-order valence-electron chi connectivity index (χ3n) is 4.46. The van der Waals surface area contributed by atoms with E-state index in [1.54, 1.807) is 0 Å². The van der Waals surface area contributed by atoms with E-state index in [0.717, 1.165) is 43.4 Å². The second-order valence-electron chi connectivity index (χ2n) is 5.84. The van der Waals surface area contributed by atoms with Crippen molar-refractivity contribution in [3.63, 3.8) is 0 Å². The number of amides is 1. The Morgan fingerprint density at radius 2 is 2.00 bits per heavy atom. The van der Waals surface area contributed by atoms with Crippen LogP contribution in [0.1, 0.15) is 43.6 Å². The van der Waals surface area contributed by atoms with Gasteiger partial charge in [0.2, 0.25) is 5.91 Å². The molecule has 0 spiro atoms. The average Bonchev–Trinajstić information content (AvgIpc) is 2.79. The number of hydrogen-bond acceptors (Lipinski definition) is 3. The zero-order valence-electron chi connectivity index (χ0n) is 11.6. The molecule has 1 aliphatic carbocycles. The lowest BCUT2D eigenvalue weighted by molar-refractivity contribution is -0.123. The molecule has 3 atom stereocenters. The summed E-state index contributed by atoms with van der Waals surface area (Å²) in [5, 5.41) is 16.4. The Morgan fingerprint density at radius 1 is 1.20 bits per heavy atom. The van der Waals surface area contributed by atoms with Crippen molar-refractivity contribution in [2.45, 2.75) is 50.2 Å². The molecule has 1 fully saturated rings. The second kappa shape index (κ2) is 5.83. The Labute approximate surface area is 119 Å². The van der Waals surface area contributed by atoms with Crippen LogP contribution in [0.4, 0.5) is 5.69 Å². The quantitative estimate of drug-likeness (QED) is 0.723. The van der Waals surface area contributed by atoms with Gasteiger partial charge < -0.3 is 15.7 Å². The number of fused-ring (bicyclic) bond motifs is 1. The number of rotatable bonds is 2. The lowest BCUT2D eigenvalue weighted by Gasteiger charge is -2.23. The van der Waals surface area contributed by atoms with Gasteiger partial charge >= 0.3 is 0 Å². The summed E-state index contributed by atoms with van der Waals surface area (Å²) in [4.78, 5) is 12.5. The molecule has 1 amide bonds. The maximum atomic E-state index is 12.5. The van der Waals surface area contributed by atoms with Crippen molar-refractivity contribution < 1.29 is 9.90 Å². The predicted molar refractivity (Wildman–Crippen MR) is 78.7 cm³/mol. The highest BCUT2D eigenvalue weighted by atomic mass is 16.3. The maximum Gasteiger partial charge on any atom is 0.229 e. The molecule has 0 aromatic heterocycles. The molecule has 1 aromatic carbocycles. The molecule has 0 bridgehead atoms. The molecule has 108 valence electrons. The molecule has 0 radical (unpaired) electrons. The smallest absolute Gasteiger partial charge is 0.229 e. The number of aliphatic hydroxyl groups excluding tert-OH is 1. The number of hydrogen-bond donors (Lipinski definition) is 3. The molecule has 3 N–H and O–H groups in total. The molecule has 2 aliphatic rings. The number of carbonyl (C=O) groups is 1. The zero-order chi connectivity index (χ0) is 13.9. The molecular weight excluding hydrogens is 252 g/mol. The van der Waals surface area contributed by atoms with Crippen molar-refractivity contribution in [1.29, 1.82) is 0 Å². The number of aliphatic hydroxyl groups is 1. The van der Waals surface area contributed by atoms with Crippen LogP contribution in [0, 0.1) is 0 Å². The summed E-state index contributed by atoms with van der Waals surface area (Å²) in [6.07, 6.45) is 4.57. The molecule has 4 heteroatoms. The fourth-order valence-electron chi connectivity index (χ4n) is 3.26. The van der Waals surface area contributed by atoms with Crippen molar-refractivity contribution in [1.82, 2.24) is 5.32 Å². The first kappa shape index (κ1) is 13.4. The molecule has 0 saturated heterocycles. The number of carbonyl (C=O) groups excluding carboxylic acids is 1. The summed E-state index contributed by atoms with van der Waals surface area (Å²) in [7, 11) is 0. The van der Waals surface area contributed by atoms with Crippen molar-refractivity contribution in [3.8, 4) is 0 Å². The van der Waals surface area contributed by atoms with E-state index in [4.69, 9.17) is 0 Å². The maximum absolute atomic E-state index is 12.5. The van der Waals surface area contributed by atoms with E-state index in [-0.39, 0.29) is 17.9 Å². The second-order valence-corrected chi connectivity index (χ2v) is 5.84. The largest absolute Gasteiger partial charge is 0.391 e. The standard InChI is InChI=1S/C16H22N2O2/c19-15-9-3-1-2-8-14(15)18-16(20)12-10-17-13-7-5-4-6-11(12)13/h4-7,12,14-15,17,19H,1-3,8-10H2,(H,18,20). The first-order valence-corrected chi connectivity index (χ1v) is 7.57. The van der Waals surface area contributed by atoms with Gasteiger partial charge in [-0.2, -0.15) is 0 Å². The van der Waals surface area contributed by atoms with Crippen LogP contribution in [0.3, 0.4) is 0 Å². The molecule has 1 aliphatic heterocycles. The van der Waals surface area contributed by atoms with E-state index in [1.807, 2.05) is 24.3 Å². The van der Waals surface area contributed by atoms with Crippen molar-refractivity contribution in [2.75, 3.05) is 11.9 Å². The Kier molecular flexibility index (Phi) is 3.92. The first-order valence-electron chi connectivity index (χ1n) is 7.57. The van der Waals surface area contributed by atoms with Gasteiger partial charge in [0.25, 0.3) is 0 Å². The van der Waals surface area contributed by atoms with Crippen LogP contribution < -0.4 is 10.6 Å². The van der Waals surface area contributed by atoms with Crippen LogP contribution in [-0.2, 0) is 4.79 Å². The van der Waals surface area contributed by atoms with Crippen LogP contribution in [0.15, 0.2) is 24.3 Å². The van der Waals surface area contributed by atoms with E-state index < -0.39 is 6.10 Å². The minimum atomic E-state index is -0.397. The van der Waals surface area contributed by atoms with Gasteiger partial charge in [0.15, 0.2) is 0 Å². The first-order chi connectivity index (χ1) is 9.75. The highest BCUT2D eigenvalue weighted by Gasteiger charge is 2.31. The third-order valence-corrected chi connectivity index (χ3v) is 4.46. The fraction of sp³-hybridized carbons (Fsp3) is 0.562. The lowest BCUT2D eigenvalue weighted by atomic mass is 9.98. The van der Waals surface area contributed by atoms with Crippen molar-refractivity contribution in [2.24, 2.45) is 0 Å². The summed E-state index contributed by atoms with van der Waals surface area (Å²) in [6, 6.07) is 7.86. The monoisotopic (exact) mass is 274 g/mol. The summed E-state index contributed by atoms with van der Waals surface area (Å²) >= 11 is 0. The Bertz CT molecular complexity index is 489. The predicted octanol–water partition coefficient (Wildman–Crippen LogP) is 2.01. The third kappa shape index (κ3) is 2.66. The van der Waals surface area contributed by atoms with E-state index >= 15 is 0 Å². The van der Waals surface area contributed by atoms with E-state index in [1.165, 1.54) is 0 Å². The topological polar surface area (TPSA) is 61.4 Å². The Balaban J connectivity index is 1.68. The van der Waals surface area contributed by atoms with Gasteiger partial charge in [0, 0.05) is 12.2 Å². The summed E-state index contributed by atoms with van der Waals surface area (Å²) in [6.45, 7) is 0.647. The normalized spacial score (nSPS) is 29.1. The van der Waals surface area contributed by atoms with Crippen molar-refractivity contribution >= 4 is 11.6 Å². The highest BCUT2D eigenvalue weighted by Crippen LogP contribution is 2.31. The van der Waals surface area contributed by atoms with Gasteiger partial charge in [-0.3, -0.25) is 4.79 Å². The van der Waals surface area contributed by atoms with E-state index in [0.29, 0.717) is 6.54 Å². The molecule has 1 heterocycles. The summed E-state index contributed by atoms with van der Waals surface area (Å²) in [5.74, 6) is -0.102. The van der Waals surface area contributed by atoms with E-state index in [9.17, 15) is 9.90 Å². The molecule has 3 unspecified atom stereocenters. The molecule has 1 saturated carbocycles. The van der Waals surface area contributed by atoms with E-state index in [2.05, 4.69) is 10.6 Å². The number of para-hydroxylation sites is 1. The van der Waals surface area contributed by atoms with Crippen LogP contribution in [0.5, 0.6) is 0 Å². The lowest BCUT2D eigenvalue weighted by Crippen LogP contribution is -2.45. The Hall–Kier alpha value is -1.55. The van der Waals surface area contributed by atoms with Crippen LogP contribution in [0.25, 0.3) is 0 Å². The minimum absolute atomic E-state index is 0.0356. The van der Waals surface area contributed by atoms with Gasteiger partial charge in [-0.15, -0.1) is 0 Å². The van der Waals surface area contributed by atoms with Gasteiger partial charge in [0.1, 0.15) is 0 Å². The highest BCUT2D eigenvalue weighted by molar-refractivity contribution is 5.88. The van der Waals surface area contributed by atoms with Crippen molar-refractivity contribution in [3.05, 3.63) is 29.8 Å². The molecule has 20 heavy (non-hydrogen) atoms. The average molecular weight is 274 g/mol. The fourth-order valence-corrected chi connectivity index (χ4v) is 3.26. The summed E-state index contributed by atoms with van der Waals surface area (Å²) in [5.41, 5.74) is 2.11. The number of nitrogens with one attached hydrogen (secondary N) is 2. The minimum Gasteiger partial charge on any atom is -0.391 e. The number of benzene rings is 1. The van der Waals surface area contributed by atoms with Crippen LogP contribution in [0.2, 0.25) is 0 Å². The molecule has 4 nitrogen and oxygen atoms in total. The SMILES string of the molecule is O=C(NC1CCCCCC1O)C1CNc2ccccc21.